The van der Waals surface area contributed by atoms with Crippen LogP contribution in [0.2, 0.25) is 0 Å². The summed E-state index contributed by atoms with van der Waals surface area (Å²) in [5.41, 5.74) is 1.79. The van der Waals surface area contributed by atoms with E-state index >= 15 is 0 Å². The molecule has 4 aliphatic rings. The smallest absolute Gasteiger partial charge is 0.417 e. The summed E-state index contributed by atoms with van der Waals surface area (Å²) in [6.07, 6.45) is 12.2. The number of hydrogen-bond donors (Lipinski definition) is 2. The van der Waals surface area contributed by atoms with Gasteiger partial charge in [0.2, 0.25) is 5.88 Å². The largest absolute Gasteiger partial charge is 0.497 e. The molecule has 10 heteroatoms. The molecule has 3 atom stereocenters. The predicted octanol–water partition coefficient (Wildman–Crippen LogP) is 4.14. The number of likely N-dealkylation sites (tertiary alicyclic amines) is 1. The lowest BCUT2D eigenvalue weighted by Crippen LogP contribution is -2.55. The summed E-state index contributed by atoms with van der Waals surface area (Å²) in [6.45, 7) is 1.83. The predicted molar refractivity (Wildman–Crippen MR) is 150 cm³/mol. The van der Waals surface area contributed by atoms with Crippen molar-refractivity contribution in [1.82, 2.24) is 14.8 Å². The van der Waals surface area contributed by atoms with Gasteiger partial charge in [-0.05, 0) is 54.7 Å². The number of aromatic nitrogens is 1. The lowest BCUT2D eigenvalue weighted by Gasteiger charge is -2.44. The molecule has 4 heterocycles. The van der Waals surface area contributed by atoms with Crippen LogP contribution >= 0.6 is 0 Å². The topological polar surface area (TPSA) is 114 Å². The maximum absolute atomic E-state index is 13.2. The lowest BCUT2D eigenvalue weighted by atomic mass is 9.78. The first-order chi connectivity index (χ1) is 20.0. The van der Waals surface area contributed by atoms with Crippen LogP contribution in [0.5, 0.6) is 5.75 Å². The van der Waals surface area contributed by atoms with Gasteiger partial charge in [0.1, 0.15) is 17.6 Å². The van der Waals surface area contributed by atoms with Crippen molar-refractivity contribution in [3.8, 4) is 5.75 Å². The fourth-order valence-corrected chi connectivity index (χ4v) is 6.19. The third-order valence-corrected chi connectivity index (χ3v) is 8.42. The van der Waals surface area contributed by atoms with Crippen LogP contribution < -0.4 is 4.74 Å². The fraction of sp³-hybridized carbons (Fsp3) is 0.419. The SMILES string of the molecule is COc1ccc2nccc([C@@H](O)CN3CC[C@]4(CN(C5=COC=C(C6=CC=CCC6)O5)C(=O)O4)[C@@H](CCO)C3)c2c1. The second kappa shape index (κ2) is 11.6. The molecule has 10 nitrogen and oxygen atoms in total. The molecular weight excluding hydrogens is 526 g/mol. The van der Waals surface area contributed by atoms with E-state index < -0.39 is 17.8 Å². The number of β-amino-alcohol motifs (C(OH)–C–C–N with tert-alkyl or cyclic N) is 1. The number of amides is 1. The van der Waals surface area contributed by atoms with Crippen LogP contribution in [0.15, 0.2) is 78.4 Å². The highest BCUT2D eigenvalue weighted by atomic mass is 16.6. The molecule has 2 aromatic rings. The van der Waals surface area contributed by atoms with Gasteiger partial charge in [0.15, 0.2) is 12.0 Å². The summed E-state index contributed by atoms with van der Waals surface area (Å²) < 4.78 is 23.1. The zero-order chi connectivity index (χ0) is 28.4. The quantitative estimate of drug-likeness (QED) is 0.491. The van der Waals surface area contributed by atoms with Crippen molar-refractivity contribution in [3.63, 3.8) is 0 Å². The average molecular weight is 562 g/mol. The monoisotopic (exact) mass is 561 g/mol. The Hall–Kier alpha value is -3.86. The summed E-state index contributed by atoms with van der Waals surface area (Å²) in [4.78, 5) is 21.2. The molecule has 1 spiro atoms. The van der Waals surface area contributed by atoms with Gasteiger partial charge in [0, 0.05) is 50.2 Å². The van der Waals surface area contributed by atoms with E-state index in [1.807, 2.05) is 36.4 Å². The Morgan fingerprint density at radius 2 is 2.17 bits per heavy atom. The summed E-state index contributed by atoms with van der Waals surface area (Å²) in [7, 11) is 1.61. The highest BCUT2D eigenvalue weighted by molar-refractivity contribution is 5.83. The summed E-state index contributed by atoms with van der Waals surface area (Å²) in [5, 5.41) is 22.1. The van der Waals surface area contributed by atoms with Crippen LogP contribution in [0.3, 0.4) is 0 Å². The van der Waals surface area contributed by atoms with Crippen LogP contribution in [0, 0.1) is 5.92 Å². The number of aliphatic hydroxyl groups excluding tert-OH is 2. The molecule has 1 aromatic heterocycles. The van der Waals surface area contributed by atoms with Crippen LogP contribution in [-0.4, -0.2) is 76.6 Å². The molecule has 0 unspecified atom stereocenters. The van der Waals surface area contributed by atoms with Crippen molar-refractivity contribution >= 4 is 17.0 Å². The Balaban J connectivity index is 1.15. The molecule has 41 heavy (non-hydrogen) atoms. The number of allylic oxidation sites excluding steroid dienone is 4. The lowest BCUT2D eigenvalue weighted by molar-refractivity contribution is -0.0631. The standard InChI is InChI=1S/C31H35N3O7/c1-38-23-7-8-26-25(15-23)24(9-12-32-26)27(36)17-33-13-11-31(22(16-33)10-14-35)20-34(30(37)41-31)29-19-39-18-28(40-29)21-5-3-2-4-6-21/h2-3,5,7-9,12,15,18-19,22,27,35-36H,4,6,10-11,13-14,16-17,20H2,1H3/t22-,27-,31-/m0/s1. The molecule has 216 valence electrons. The first-order valence-electron chi connectivity index (χ1n) is 14.0. The van der Waals surface area contributed by atoms with Gasteiger partial charge in [-0.1, -0.05) is 18.2 Å². The third-order valence-electron chi connectivity index (χ3n) is 8.42. The van der Waals surface area contributed by atoms with Crippen molar-refractivity contribution in [2.24, 2.45) is 5.92 Å². The molecule has 2 saturated heterocycles. The Morgan fingerprint density at radius 3 is 2.98 bits per heavy atom. The molecule has 3 aliphatic heterocycles. The summed E-state index contributed by atoms with van der Waals surface area (Å²) in [5.74, 6) is 1.44. The molecule has 1 aliphatic carbocycles. The molecule has 0 saturated carbocycles. The van der Waals surface area contributed by atoms with Crippen LogP contribution in [0.4, 0.5) is 4.79 Å². The molecule has 2 N–H and O–H groups in total. The first-order valence-corrected chi connectivity index (χ1v) is 14.0. The number of aliphatic hydroxyl groups is 2. The molecule has 0 bridgehead atoms. The highest BCUT2D eigenvalue weighted by Crippen LogP contribution is 2.42. The van der Waals surface area contributed by atoms with Gasteiger partial charge in [-0.25, -0.2) is 9.69 Å². The Morgan fingerprint density at radius 1 is 1.27 bits per heavy atom. The van der Waals surface area contributed by atoms with Gasteiger partial charge in [-0.15, -0.1) is 0 Å². The van der Waals surface area contributed by atoms with E-state index in [-0.39, 0.29) is 12.5 Å². The number of benzene rings is 1. The zero-order valence-electron chi connectivity index (χ0n) is 23.1. The van der Waals surface area contributed by atoms with E-state index in [2.05, 4.69) is 16.0 Å². The normalized spacial score (nSPS) is 25.2. The van der Waals surface area contributed by atoms with Gasteiger partial charge >= 0.3 is 6.09 Å². The molecule has 1 amide bonds. The summed E-state index contributed by atoms with van der Waals surface area (Å²) in [6, 6.07) is 7.46. The van der Waals surface area contributed by atoms with Gasteiger partial charge < -0.3 is 29.2 Å². The molecule has 1 aromatic carbocycles. The molecular formula is C31H35N3O7. The van der Waals surface area contributed by atoms with E-state index in [1.54, 1.807) is 19.6 Å². The van der Waals surface area contributed by atoms with E-state index in [0.717, 1.165) is 34.9 Å². The van der Waals surface area contributed by atoms with Crippen molar-refractivity contribution < 1.29 is 34.0 Å². The van der Waals surface area contributed by atoms with Crippen molar-refractivity contribution in [2.45, 2.75) is 37.4 Å². The van der Waals surface area contributed by atoms with Crippen LogP contribution in [0.1, 0.15) is 37.4 Å². The number of piperidine rings is 1. The number of hydrogen-bond acceptors (Lipinski definition) is 9. The highest BCUT2D eigenvalue weighted by Gasteiger charge is 2.54. The van der Waals surface area contributed by atoms with Crippen molar-refractivity contribution in [2.75, 3.05) is 39.9 Å². The fourth-order valence-electron chi connectivity index (χ4n) is 6.19. The average Bonchev–Trinajstić information content (AvgIpc) is 3.35. The Labute approximate surface area is 238 Å². The van der Waals surface area contributed by atoms with Crippen LogP contribution in [-0.2, 0) is 14.2 Å². The number of fused-ring (bicyclic) bond motifs is 1. The van der Waals surface area contributed by atoms with E-state index in [9.17, 15) is 15.0 Å². The first kappa shape index (κ1) is 27.3. The van der Waals surface area contributed by atoms with Crippen molar-refractivity contribution in [3.05, 3.63) is 84.0 Å². The second-order valence-corrected chi connectivity index (χ2v) is 10.9. The van der Waals surface area contributed by atoms with Gasteiger partial charge in [0.25, 0.3) is 0 Å². The molecule has 6 rings (SSSR count). The van der Waals surface area contributed by atoms with Gasteiger partial charge in [-0.3, -0.25) is 9.88 Å². The van der Waals surface area contributed by atoms with Gasteiger partial charge in [-0.2, -0.15) is 0 Å². The number of carbonyl (C=O) groups excluding carboxylic acids is 1. The molecule has 0 radical (unpaired) electrons. The maximum Gasteiger partial charge on any atom is 0.417 e. The Bertz CT molecular complexity index is 1430. The maximum atomic E-state index is 13.2. The number of ether oxygens (including phenoxy) is 4. The van der Waals surface area contributed by atoms with E-state index in [4.69, 9.17) is 18.9 Å². The second-order valence-electron chi connectivity index (χ2n) is 10.9. The Kier molecular flexibility index (Phi) is 7.70. The number of pyridine rings is 1. The number of rotatable bonds is 8. The van der Waals surface area contributed by atoms with Gasteiger partial charge in [0.05, 0.1) is 25.3 Å². The van der Waals surface area contributed by atoms with Crippen molar-refractivity contribution in [1.29, 1.82) is 0 Å². The minimum Gasteiger partial charge on any atom is -0.497 e. The third kappa shape index (κ3) is 5.42. The minimum absolute atomic E-state index is 0.0357. The number of nitrogens with zero attached hydrogens (tertiary/aromatic N) is 3. The van der Waals surface area contributed by atoms with Crippen LogP contribution in [0.25, 0.3) is 10.9 Å². The number of carbonyl (C=O) groups is 1. The molecule has 2 fully saturated rings. The minimum atomic E-state index is -0.781. The van der Waals surface area contributed by atoms with E-state index in [1.165, 1.54) is 11.2 Å². The number of methoxy groups -OCH3 is 1. The summed E-state index contributed by atoms with van der Waals surface area (Å²) >= 11 is 0. The zero-order valence-corrected chi connectivity index (χ0v) is 23.1. The van der Waals surface area contributed by atoms with E-state index in [0.29, 0.717) is 56.4 Å².